The molecule has 2 aromatic heterocycles. The first kappa shape index (κ1) is 18.7. The number of nitrogens with one attached hydrogen (secondary N) is 2. The summed E-state index contributed by atoms with van der Waals surface area (Å²) in [6.07, 6.45) is 1.55. The van der Waals surface area contributed by atoms with Crippen LogP contribution in [0.2, 0.25) is 0 Å². The van der Waals surface area contributed by atoms with Gasteiger partial charge in [-0.05, 0) is 39.8 Å². The normalized spacial score (nSPS) is 12.0. The van der Waals surface area contributed by atoms with Gasteiger partial charge in [0.1, 0.15) is 5.75 Å². The monoisotopic (exact) mass is 367 g/mol. The number of hydrogen-bond donors (Lipinski definition) is 2. The predicted molar refractivity (Wildman–Crippen MR) is 104 cm³/mol. The topological polar surface area (TPSA) is 84.8 Å². The first-order chi connectivity index (χ1) is 13.0. The van der Waals surface area contributed by atoms with Gasteiger partial charge in [0.2, 0.25) is 0 Å². The largest absolute Gasteiger partial charge is 0.497 e. The molecule has 0 bridgehead atoms. The number of rotatable bonds is 6. The van der Waals surface area contributed by atoms with Gasteiger partial charge in [-0.3, -0.25) is 14.6 Å². The minimum absolute atomic E-state index is 0.161. The first-order valence-corrected chi connectivity index (χ1v) is 8.98. The Kier molecular flexibility index (Phi) is 5.30. The fourth-order valence-electron chi connectivity index (χ4n) is 3.45. The molecular weight excluding hydrogens is 342 g/mol. The van der Waals surface area contributed by atoms with E-state index < -0.39 is 0 Å². The third kappa shape index (κ3) is 3.58. The van der Waals surface area contributed by atoms with Crippen molar-refractivity contribution in [3.63, 3.8) is 0 Å². The van der Waals surface area contributed by atoms with Crippen LogP contribution >= 0.6 is 0 Å². The number of hydrogen-bond acceptors (Lipinski definition) is 4. The van der Waals surface area contributed by atoms with E-state index in [1.807, 2.05) is 49.7 Å². The number of H-pyrrole nitrogens is 1. The Bertz CT molecular complexity index is 957. The molecule has 7 nitrogen and oxygen atoms in total. The van der Waals surface area contributed by atoms with Crippen LogP contribution in [0.4, 0.5) is 0 Å². The van der Waals surface area contributed by atoms with E-state index in [1.165, 1.54) is 0 Å². The van der Waals surface area contributed by atoms with Crippen LogP contribution < -0.4 is 10.1 Å². The Morgan fingerprint density at radius 2 is 2.15 bits per heavy atom. The van der Waals surface area contributed by atoms with Gasteiger partial charge in [-0.15, -0.1) is 0 Å². The Balaban J connectivity index is 1.86. The van der Waals surface area contributed by atoms with Gasteiger partial charge in [0.25, 0.3) is 5.91 Å². The van der Waals surface area contributed by atoms with Crippen LogP contribution in [0, 0.1) is 13.8 Å². The van der Waals surface area contributed by atoms with Gasteiger partial charge >= 0.3 is 0 Å². The van der Waals surface area contributed by atoms with E-state index in [1.54, 1.807) is 13.3 Å². The summed E-state index contributed by atoms with van der Waals surface area (Å²) in [5.74, 6) is 0.539. The van der Waals surface area contributed by atoms with E-state index in [0.29, 0.717) is 11.3 Å². The van der Waals surface area contributed by atoms with Gasteiger partial charge < -0.3 is 10.1 Å². The van der Waals surface area contributed by atoms with Crippen LogP contribution in [-0.4, -0.2) is 33.0 Å². The zero-order valence-corrected chi connectivity index (χ0v) is 16.3. The standard InChI is InChI=1S/C20H25N5O2/c1-6-25-14(4)18(13(3)24-25)12(2)22-20(26)17-11-21-23-19(17)15-8-7-9-16(10-15)27-5/h7-12H,6H2,1-5H3,(H,21,23)(H,22,26). The number of aromatic amines is 1. The molecule has 0 radical (unpaired) electrons. The molecule has 1 unspecified atom stereocenters. The summed E-state index contributed by atoms with van der Waals surface area (Å²) in [5, 5.41) is 14.6. The van der Waals surface area contributed by atoms with Crippen molar-refractivity contribution in [2.75, 3.05) is 7.11 Å². The van der Waals surface area contributed by atoms with E-state index in [2.05, 4.69) is 27.5 Å². The predicted octanol–water partition coefficient (Wildman–Crippen LogP) is 3.41. The minimum atomic E-state index is -0.183. The third-order valence-corrected chi connectivity index (χ3v) is 4.76. The van der Waals surface area contributed by atoms with Crippen molar-refractivity contribution in [3.05, 3.63) is 53.0 Å². The summed E-state index contributed by atoms with van der Waals surface area (Å²) in [5.41, 5.74) is 5.06. The molecule has 2 heterocycles. The van der Waals surface area contributed by atoms with E-state index in [-0.39, 0.29) is 11.9 Å². The minimum Gasteiger partial charge on any atom is -0.497 e. The molecule has 27 heavy (non-hydrogen) atoms. The number of aromatic nitrogens is 4. The van der Waals surface area contributed by atoms with Gasteiger partial charge in [-0.25, -0.2) is 0 Å². The lowest BCUT2D eigenvalue weighted by Gasteiger charge is -2.15. The molecule has 3 aromatic rings. The lowest BCUT2D eigenvalue weighted by atomic mass is 10.0. The second-order valence-electron chi connectivity index (χ2n) is 6.49. The second-order valence-corrected chi connectivity index (χ2v) is 6.49. The van der Waals surface area contributed by atoms with Gasteiger partial charge in [0.05, 0.1) is 36.3 Å². The van der Waals surface area contributed by atoms with E-state index in [0.717, 1.165) is 34.8 Å². The molecule has 0 saturated carbocycles. The van der Waals surface area contributed by atoms with Crippen LogP contribution in [0.5, 0.6) is 5.75 Å². The van der Waals surface area contributed by atoms with Crippen molar-refractivity contribution in [3.8, 4) is 17.0 Å². The number of methoxy groups -OCH3 is 1. The highest BCUT2D eigenvalue weighted by molar-refractivity contribution is 6.00. The summed E-state index contributed by atoms with van der Waals surface area (Å²) in [6.45, 7) is 8.82. The number of amides is 1. The number of benzene rings is 1. The van der Waals surface area contributed by atoms with Crippen LogP contribution in [0.3, 0.4) is 0 Å². The maximum Gasteiger partial charge on any atom is 0.255 e. The summed E-state index contributed by atoms with van der Waals surface area (Å²) < 4.78 is 7.22. The van der Waals surface area contributed by atoms with Crippen LogP contribution in [0.15, 0.2) is 30.5 Å². The Morgan fingerprint density at radius 3 is 2.81 bits per heavy atom. The fourth-order valence-corrected chi connectivity index (χ4v) is 3.45. The van der Waals surface area contributed by atoms with Crippen LogP contribution in [-0.2, 0) is 6.54 Å². The van der Waals surface area contributed by atoms with Gasteiger partial charge in [0.15, 0.2) is 0 Å². The molecule has 0 aliphatic heterocycles. The Morgan fingerprint density at radius 1 is 1.37 bits per heavy atom. The number of carbonyl (C=O) groups is 1. The van der Waals surface area contributed by atoms with Crippen molar-refractivity contribution in [1.29, 1.82) is 0 Å². The number of carbonyl (C=O) groups excluding carboxylic acids is 1. The molecule has 0 aliphatic rings. The van der Waals surface area contributed by atoms with Crippen LogP contribution in [0.1, 0.15) is 47.2 Å². The average Bonchev–Trinajstić information content (AvgIpc) is 3.26. The average molecular weight is 367 g/mol. The van der Waals surface area contributed by atoms with Gasteiger partial charge in [0, 0.05) is 23.4 Å². The zero-order valence-electron chi connectivity index (χ0n) is 16.3. The van der Waals surface area contributed by atoms with Crippen molar-refractivity contribution in [2.45, 2.75) is 40.3 Å². The molecular formula is C20H25N5O2. The molecule has 1 amide bonds. The van der Waals surface area contributed by atoms with Crippen molar-refractivity contribution < 1.29 is 9.53 Å². The highest BCUT2D eigenvalue weighted by atomic mass is 16.5. The fraction of sp³-hybridized carbons (Fsp3) is 0.350. The molecule has 0 fully saturated rings. The molecule has 142 valence electrons. The molecule has 3 rings (SSSR count). The van der Waals surface area contributed by atoms with Crippen molar-refractivity contribution >= 4 is 5.91 Å². The maximum atomic E-state index is 12.9. The van der Waals surface area contributed by atoms with Crippen molar-refractivity contribution in [1.82, 2.24) is 25.3 Å². The molecule has 1 atom stereocenters. The summed E-state index contributed by atoms with van der Waals surface area (Å²) >= 11 is 0. The SMILES string of the molecule is CCn1nc(C)c(C(C)NC(=O)c2cn[nH]c2-c2cccc(OC)c2)c1C. The van der Waals surface area contributed by atoms with Crippen molar-refractivity contribution in [2.24, 2.45) is 0 Å². The molecule has 0 saturated heterocycles. The smallest absolute Gasteiger partial charge is 0.255 e. The highest BCUT2D eigenvalue weighted by Crippen LogP contribution is 2.26. The molecule has 2 N–H and O–H groups in total. The molecule has 0 aliphatic carbocycles. The number of ether oxygens (including phenoxy) is 1. The van der Waals surface area contributed by atoms with E-state index in [9.17, 15) is 4.79 Å². The molecule has 0 spiro atoms. The van der Waals surface area contributed by atoms with E-state index >= 15 is 0 Å². The lowest BCUT2D eigenvalue weighted by molar-refractivity contribution is 0.0940. The summed E-state index contributed by atoms with van der Waals surface area (Å²) in [6, 6.07) is 7.36. The second kappa shape index (κ2) is 7.65. The summed E-state index contributed by atoms with van der Waals surface area (Å²) in [4.78, 5) is 12.9. The van der Waals surface area contributed by atoms with Crippen LogP contribution in [0.25, 0.3) is 11.3 Å². The quantitative estimate of drug-likeness (QED) is 0.699. The molecule has 7 heteroatoms. The van der Waals surface area contributed by atoms with Gasteiger partial charge in [-0.2, -0.15) is 10.2 Å². The number of aryl methyl sites for hydroxylation is 2. The highest BCUT2D eigenvalue weighted by Gasteiger charge is 2.22. The summed E-state index contributed by atoms with van der Waals surface area (Å²) in [7, 11) is 1.61. The van der Waals surface area contributed by atoms with Gasteiger partial charge in [-0.1, -0.05) is 12.1 Å². The Hall–Kier alpha value is -3.09. The zero-order chi connectivity index (χ0) is 19.6. The molecule has 1 aromatic carbocycles. The Labute approximate surface area is 158 Å². The maximum absolute atomic E-state index is 12.9. The number of nitrogens with zero attached hydrogens (tertiary/aromatic N) is 3. The third-order valence-electron chi connectivity index (χ3n) is 4.76. The first-order valence-electron chi connectivity index (χ1n) is 8.98. The lowest BCUT2D eigenvalue weighted by Crippen LogP contribution is -2.27. The van der Waals surface area contributed by atoms with E-state index in [4.69, 9.17) is 4.74 Å².